The molecule has 0 aliphatic carbocycles. The van der Waals surface area contributed by atoms with Crippen molar-refractivity contribution in [2.24, 2.45) is 0 Å². The smallest absolute Gasteiger partial charge is 0.166 e. The summed E-state index contributed by atoms with van der Waals surface area (Å²) in [7, 11) is 0. The second-order valence-electron chi connectivity index (χ2n) is 7.13. The fourth-order valence-corrected chi connectivity index (χ4v) is 2.93. The normalized spacial score (nSPS) is 9.94. The van der Waals surface area contributed by atoms with Crippen LogP contribution in [0.15, 0.2) is 60.7 Å². The van der Waals surface area contributed by atoms with Crippen LogP contribution >= 0.6 is 0 Å². The molecule has 0 atom stereocenters. The van der Waals surface area contributed by atoms with E-state index < -0.39 is 5.82 Å². The van der Waals surface area contributed by atoms with E-state index in [-0.39, 0.29) is 11.6 Å². The number of hydrogen-bond donors (Lipinski definition) is 0. The molecule has 0 spiro atoms. The Labute approximate surface area is 183 Å². The van der Waals surface area contributed by atoms with Crippen molar-refractivity contribution < 1.29 is 13.5 Å². The third-order valence-corrected chi connectivity index (χ3v) is 4.55. The second kappa shape index (κ2) is 11.0. The molecule has 31 heavy (non-hydrogen) atoms. The van der Waals surface area contributed by atoms with Crippen LogP contribution in [0.1, 0.15) is 54.5 Å². The van der Waals surface area contributed by atoms with Gasteiger partial charge in [0.25, 0.3) is 0 Å². The number of aryl methyl sites for hydroxylation is 1. The maximum absolute atomic E-state index is 14.0. The standard InChI is InChI=1S/C28H24F2O/c1-3-5-25-16-14-23(19-26(25)29)12-10-21-6-8-22(9-7-21)11-13-24-15-17-28(27(30)20-24)31-18-4-2/h6-9,14-17,19-20H,3-5,18H2,1-2H3. The SMILES string of the molecule is CCCOc1ccc(C#Cc2ccc(C#Cc3ccc(CCC)c(F)c3)cc2)cc1F. The van der Waals surface area contributed by atoms with Gasteiger partial charge < -0.3 is 4.74 Å². The maximum atomic E-state index is 14.0. The van der Waals surface area contributed by atoms with Gasteiger partial charge in [0, 0.05) is 22.3 Å². The molecule has 0 saturated carbocycles. The van der Waals surface area contributed by atoms with Gasteiger partial charge in [0.05, 0.1) is 6.61 Å². The maximum Gasteiger partial charge on any atom is 0.166 e. The molecule has 0 amide bonds. The van der Waals surface area contributed by atoms with Crippen LogP contribution in [-0.4, -0.2) is 6.61 Å². The van der Waals surface area contributed by atoms with Gasteiger partial charge in [-0.25, -0.2) is 8.78 Å². The Balaban J connectivity index is 1.68. The van der Waals surface area contributed by atoms with Crippen molar-refractivity contribution in [3.8, 4) is 29.4 Å². The quantitative estimate of drug-likeness (QED) is 0.433. The van der Waals surface area contributed by atoms with Crippen LogP contribution < -0.4 is 4.74 Å². The highest BCUT2D eigenvalue weighted by atomic mass is 19.1. The van der Waals surface area contributed by atoms with Gasteiger partial charge in [-0.2, -0.15) is 0 Å². The third kappa shape index (κ3) is 6.46. The molecule has 0 fully saturated rings. The largest absolute Gasteiger partial charge is 0.491 e. The van der Waals surface area contributed by atoms with Gasteiger partial charge in [-0.05, 0) is 73.0 Å². The predicted molar refractivity (Wildman–Crippen MR) is 121 cm³/mol. The van der Waals surface area contributed by atoms with Gasteiger partial charge in [-0.3, -0.25) is 0 Å². The summed E-state index contributed by atoms with van der Waals surface area (Å²) in [5.74, 6) is 11.6. The van der Waals surface area contributed by atoms with Crippen molar-refractivity contribution in [2.75, 3.05) is 6.61 Å². The summed E-state index contributed by atoms with van der Waals surface area (Å²) in [5, 5.41) is 0. The lowest BCUT2D eigenvalue weighted by atomic mass is 10.1. The molecule has 1 nitrogen and oxygen atoms in total. The van der Waals surface area contributed by atoms with Crippen LogP contribution in [0.3, 0.4) is 0 Å². The van der Waals surface area contributed by atoms with E-state index >= 15 is 0 Å². The molecule has 0 aromatic heterocycles. The van der Waals surface area contributed by atoms with Crippen LogP contribution in [-0.2, 0) is 6.42 Å². The Hall–Kier alpha value is -3.56. The predicted octanol–water partition coefficient (Wildman–Crippen LogP) is 6.51. The van der Waals surface area contributed by atoms with E-state index in [0.717, 1.165) is 36.0 Å². The molecule has 0 bridgehead atoms. The lowest BCUT2D eigenvalue weighted by Crippen LogP contribution is -1.97. The van der Waals surface area contributed by atoms with E-state index in [1.54, 1.807) is 18.2 Å². The van der Waals surface area contributed by atoms with Gasteiger partial charge >= 0.3 is 0 Å². The molecule has 0 radical (unpaired) electrons. The number of hydrogen-bond acceptors (Lipinski definition) is 1. The summed E-state index contributed by atoms with van der Waals surface area (Å²) in [5.41, 5.74) is 3.56. The average molecular weight is 414 g/mol. The van der Waals surface area contributed by atoms with E-state index in [2.05, 4.69) is 23.7 Å². The number of rotatable bonds is 5. The molecule has 3 aromatic carbocycles. The molecule has 3 rings (SSSR count). The first-order valence-electron chi connectivity index (χ1n) is 10.4. The molecule has 3 heteroatoms. The minimum Gasteiger partial charge on any atom is -0.491 e. The first-order valence-corrected chi connectivity index (χ1v) is 10.4. The Kier molecular flexibility index (Phi) is 7.85. The lowest BCUT2D eigenvalue weighted by molar-refractivity contribution is 0.301. The first-order chi connectivity index (χ1) is 15.1. The van der Waals surface area contributed by atoms with Gasteiger partial charge in [0.15, 0.2) is 11.6 Å². The zero-order valence-corrected chi connectivity index (χ0v) is 17.8. The fourth-order valence-electron chi connectivity index (χ4n) is 2.93. The summed E-state index contributed by atoms with van der Waals surface area (Å²) >= 11 is 0. The highest BCUT2D eigenvalue weighted by molar-refractivity contribution is 5.48. The second-order valence-corrected chi connectivity index (χ2v) is 7.13. The van der Waals surface area contributed by atoms with E-state index in [1.807, 2.05) is 44.2 Å². The zero-order valence-electron chi connectivity index (χ0n) is 17.8. The molecule has 0 saturated heterocycles. The molecular formula is C28H24F2O. The Morgan fingerprint density at radius 2 is 1.16 bits per heavy atom. The summed E-state index contributed by atoms with van der Waals surface area (Å²) in [6.45, 7) is 4.48. The Morgan fingerprint density at radius 3 is 1.68 bits per heavy atom. The Bertz CT molecular complexity index is 1160. The third-order valence-electron chi connectivity index (χ3n) is 4.55. The summed E-state index contributed by atoms with van der Waals surface area (Å²) < 4.78 is 33.4. The van der Waals surface area contributed by atoms with E-state index in [0.29, 0.717) is 17.7 Å². The monoisotopic (exact) mass is 414 g/mol. The number of ether oxygens (including phenoxy) is 1. The van der Waals surface area contributed by atoms with Crippen LogP contribution in [0.4, 0.5) is 8.78 Å². The van der Waals surface area contributed by atoms with Gasteiger partial charge in [-0.15, -0.1) is 0 Å². The van der Waals surface area contributed by atoms with Crippen molar-refractivity contribution in [3.05, 3.63) is 100 Å². The Morgan fingerprint density at radius 1 is 0.645 bits per heavy atom. The fraction of sp³-hybridized carbons (Fsp3) is 0.214. The van der Waals surface area contributed by atoms with Gasteiger partial charge in [-0.1, -0.05) is 50.0 Å². The highest BCUT2D eigenvalue weighted by Crippen LogP contribution is 2.18. The summed E-state index contributed by atoms with van der Waals surface area (Å²) in [4.78, 5) is 0. The molecule has 0 N–H and O–H groups in total. The molecular weight excluding hydrogens is 390 g/mol. The van der Waals surface area contributed by atoms with Crippen LogP contribution in [0.5, 0.6) is 5.75 Å². The summed E-state index contributed by atoms with van der Waals surface area (Å²) in [6, 6.07) is 17.3. The minimum absolute atomic E-state index is 0.208. The molecule has 156 valence electrons. The minimum atomic E-state index is -0.412. The van der Waals surface area contributed by atoms with Gasteiger partial charge in [0.1, 0.15) is 5.82 Å². The average Bonchev–Trinajstić information content (AvgIpc) is 2.78. The van der Waals surface area contributed by atoms with E-state index in [4.69, 9.17) is 4.74 Å². The summed E-state index contributed by atoms with van der Waals surface area (Å²) in [6.07, 6.45) is 2.46. The highest BCUT2D eigenvalue weighted by Gasteiger charge is 2.03. The van der Waals surface area contributed by atoms with Crippen LogP contribution in [0.25, 0.3) is 0 Å². The van der Waals surface area contributed by atoms with Gasteiger partial charge in [0.2, 0.25) is 0 Å². The molecule has 0 unspecified atom stereocenters. The molecule has 3 aromatic rings. The van der Waals surface area contributed by atoms with E-state index in [9.17, 15) is 8.78 Å². The number of benzene rings is 3. The van der Waals surface area contributed by atoms with Crippen molar-refractivity contribution in [1.82, 2.24) is 0 Å². The topological polar surface area (TPSA) is 9.23 Å². The van der Waals surface area contributed by atoms with Crippen molar-refractivity contribution in [3.63, 3.8) is 0 Å². The lowest BCUT2D eigenvalue weighted by Gasteiger charge is -2.05. The van der Waals surface area contributed by atoms with Crippen molar-refractivity contribution >= 4 is 0 Å². The van der Waals surface area contributed by atoms with Crippen molar-refractivity contribution in [2.45, 2.75) is 33.1 Å². The first kappa shape index (κ1) is 22.1. The molecule has 0 heterocycles. The zero-order chi connectivity index (χ0) is 22.1. The van der Waals surface area contributed by atoms with Crippen molar-refractivity contribution in [1.29, 1.82) is 0 Å². The van der Waals surface area contributed by atoms with Crippen LogP contribution in [0, 0.1) is 35.3 Å². The molecule has 0 aliphatic heterocycles. The molecule has 0 aliphatic rings. The van der Waals surface area contributed by atoms with E-state index in [1.165, 1.54) is 12.1 Å². The van der Waals surface area contributed by atoms with Crippen LogP contribution in [0.2, 0.25) is 0 Å². The number of halogens is 2.